The number of ketones is 1. The maximum absolute atomic E-state index is 12.5. The van der Waals surface area contributed by atoms with Crippen LogP contribution >= 0.6 is 23.2 Å². The standard InChI is InChI=1S/C19H26Cl2O3S/c1-19(2,3)25(23,24)12-13-4-6-14(7-5-13)18(22)10-15-8-9-16(20)11-17(15)21/h8-9,11,13-14H,4-7,10,12H2,1-3H3. The van der Waals surface area contributed by atoms with Crippen molar-refractivity contribution in [3.05, 3.63) is 33.8 Å². The molecular formula is C19H26Cl2O3S. The molecular weight excluding hydrogens is 379 g/mol. The van der Waals surface area contributed by atoms with Crippen LogP contribution in [0.5, 0.6) is 0 Å². The van der Waals surface area contributed by atoms with Crippen LogP contribution in [0.3, 0.4) is 0 Å². The number of benzene rings is 1. The third kappa shape index (κ3) is 5.45. The maximum atomic E-state index is 12.5. The lowest BCUT2D eigenvalue weighted by Crippen LogP contribution is -2.35. The molecule has 6 heteroatoms. The molecule has 1 fully saturated rings. The van der Waals surface area contributed by atoms with Gasteiger partial charge in [-0.2, -0.15) is 0 Å². The Bertz CT molecular complexity index is 728. The topological polar surface area (TPSA) is 51.2 Å². The molecule has 0 N–H and O–H groups in total. The van der Waals surface area contributed by atoms with Crippen molar-refractivity contribution in [2.45, 2.75) is 57.6 Å². The van der Waals surface area contributed by atoms with Crippen molar-refractivity contribution in [1.82, 2.24) is 0 Å². The highest BCUT2D eigenvalue weighted by atomic mass is 35.5. The molecule has 1 aromatic carbocycles. The molecule has 3 nitrogen and oxygen atoms in total. The summed E-state index contributed by atoms with van der Waals surface area (Å²) in [5.74, 6) is 0.564. The summed E-state index contributed by atoms with van der Waals surface area (Å²) in [4.78, 5) is 12.5. The van der Waals surface area contributed by atoms with Crippen molar-refractivity contribution in [1.29, 1.82) is 0 Å². The number of sulfone groups is 1. The van der Waals surface area contributed by atoms with Gasteiger partial charge < -0.3 is 0 Å². The smallest absolute Gasteiger partial charge is 0.155 e. The first-order valence-corrected chi connectivity index (χ1v) is 11.1. The van der Waals surface area contributed by atoms with Gasteiger partial charge in [0, 0.05) is 22.4 Å². The summed E-state index contributed by atoms with van der Waals surface area (Å²) in [6.45, 7) is 5.23. The molecule has 140 valence electrons. The molecule has 0 atom stereocenters. The van der Waals surface area contributed by atoms with E-state index in [2.05, 4.69) is 0 Å². The highest BCUT2D eigenvalue weighted by molar-refractivity contribution is 7.92. The van der Waals surface area contributed by atoms with E-state index < -0.39 is 14.6 Å². The molecule has 0 radical (unpaired) electrons. The van der Waals surface area contributed by atoms with Crippen molar-refractivity contribution in [3.8, 4) is 0 Å². The van der Waals surface area contributed by atoms with E-state index in [4.69, 9.17) is 23.2 Å². The molecule has 0 spiro atoms. The summed E-state index contributed by atoms with van der Waals surface area (Å²) in [6, 6.07) is 5.19. The maximum Gasteiger partial charge on any atom is 0.155 e. The second-order valence-corrected chi connectivity index (χ2v) is 11.6. The number of hydrogen-bond donors (Lipinski definition) is 0. The number of hydrogen-bond acceptors (Lipinski definition) is 3. The van der Waals surface area contributed by atoms with Crippen LogP contribution in [0.2, 0.25) is 10.0 Å². The second kappa shape index (κ2) is 7.98. The fraction of sp³-hybridized carbons (Fsp3) is 0.632. The molecule has 2 rings (SSSR count). The van der Waals surface area contributed by atoms with Gasteiger partial charge in [-0.1, -0.05) is 29.3 Å². The van der Waals surface area contributed by atoms with Gasteiger partial charge in [-0.05, 0) is 70.1 Å². The van der Waals surface area contributed by atoms with Crippen LogP contribution in [0.1, 0.15) is 52.0 Å². The van der Waals surface area contributed by atoms with Crippen LogP contribution in [0.4, 0.5) is 0 Å². The fourth-order valence-corrected chi connectivity index (χ4v) is 5.14. The summed E-state index contributed by atoms with van der Waals surface area (Å²) in [5.41, 5.74) is 0.800. The Hall–Kier alpha value is -0.580. The Morgan fingerprint density at radius 1 is 1.12 bits per heavy atom. The molecule has 1 aliphatic rings. The molecule has 0 saturated heterocycles. The fourth-order valence-electron chi connectivity index (χ4n) is 3.21. The first kappa shape index (κ1) is 20.7. The minimum absolute atomic E-state index is 0.000311. The van der Waals surface area contributed by atoms with Crippen molar-refractivity contribution in [2.24, 2.45) is 11.8 Å². The van der Waals surface area contributed by atoms with Crippen molar-refractivity contribution in [2.75, 3.05) is 5.75 Å². The third-order valence-corrected chi connectivity index (χ3v) is 8.43. The van der Waals surface area contributed by atoms with Crippen LogP contribution < -0.4 is 0 Å². The van der Waals surface area contributed by atoms with Crippen LogP contribution in [0, 0.1) is 11.8 Å². The monoisotopic (exact) mass is 404 g/mol. The van der Waals surface area contributed by atoms with Crippen molar-refractivity contribution < 1.29 is 13.2 Å². The highest BCUT2D eigenvalue weighted by Gasteiger charge is 2.34. The first-order valence-electron chi connectivity index (χ1n) is 8.68. The number of carbonyl (C=O) groups excluding carboxylic acids is 1. The molecule has 1 aliphatic carbocycles. The lowest BCUT2D eigenvalue weighted by atomic mass is 9.79. The first-order chi connectivity index (χ1) is 11.5. The predicted molar refractivity (Wildman–Crippen MR) is 104 cm³/mol. The van der Waals surface area contributed by atoms with E-state index in [0.717, 1.165) is 31.2 Å². The van der Waals surface area contributed by atoms with E-state index in [-0.39, 0.29) is 23.4 Å². The molecule has 1 saturated carbocycles. The molecule has 0 heterocycles. The molecule has 0 aliphatic heterocycles. The van der Waals surface area contributed by atoms with Crippen LogP contribution in [0.15, 0.2) is 18.2 Å². The Labute approximate surface area is 161 Å². The third-order valence-electron chi connectivity index (χ3n) is 5.07. The quantitative estimate of drug-likeness (QED) is 0.683. The van der Waals surface area contributed by atoms with Gasteiger partial charge in [0.2, 0.25) is 0 Å². The summed E-state index contributed by atoms with van der Waals surface area (Å²) in [5, 5.41) is 1.08. The minimum atomic E-state index is -3.11. The number of carbonyl (C=O) groups is 1. The minimum Gasteiger partial charge on any atom is -0.299 e. The van der Waals surface area contributed by atoms with Crippen LogP contribution in [-0.2, 0) is 21.1 Å². The summed E-state index contributed by atoms with van der Waals surface area (Å²) in [7, 11) is -3.11. The van der Waals surface area contributed by atoms with Gasteiger partial charge in [0.1, 0.15) is 5.78 Å². The van der Waals surface area contributed by atoms with Gasteiger partial charge in [0.25, 0.3) is 0 Å². The zero-order chi connectivity index (χ0) is 18.8. The van der Waals surface area contributed by atoms with Crippen molar-refractivity contribution in [3.63, 3.8) is 0 Å². The lowest BCUT2D eigenvalue weighted by Gasteiger charge is -2.30. The molecule has 1 aromatic rings. The zero-order valence-corrected chi connectivity index (χ0v) is 17.3. The largest absolute Gasteiger partial charge is 0.299 e. The molecule has 25 heavy (non-hydrogen) atoms. The Morgan fingerprint density at radius 2 is 1.72 bits per heavy atom. The normalized spacial score (nSPS) is 22.0. The Morgan fingerprint density at radius 3 is 2.24 bits per heavy atom. The van der Waals surface area contributed by atoms with Crippen molar-refractivity contribution >= 4 is 38.8 Å². The molecule has 0 amide bonds. The summed E-state index contributed by atoms with van der Waals surface area (Å²) >= 11 is 12.0. The predicted octanol–water partition coefficient (Wildman–Crippen LogP) is 5.12. The van der Waals surface area contributed by atoms with Crippen LogP contribution in [-0.4, -0.2) is 24.7 Å². The summed E-state index contributed by atoms with van der Waals surface area (Å²) in [6.07, 6.45) is 3.41. The molecule has 0 aromatic heterocycles. The van der Waals surface area contributed by atoms with Crippen LogP contribution in [0.25, 0.3) is 0 Å². The van der Waals surface area contributed by atoms with E-state index in [0.29, 0.717) is 16.5 Å². The summed E-state index contributed by atoms with van der Waals surface area (Å²) < 4.78 is 24.0. The van der Waals surface area contributed by atoms with E-state index in [1.54, 1.807) is 39.0 Å². The van der Waals surface area contributed by atoms with Gasteiger partial charge in [-0.15, -0.1) is 0 Å². The van der Waals surface area contributed by atoms with Gasteiger partial charge in [-0.3, -0.25) is 4.79 Å². The molecule has 0 unspecified atom stereocenters. The number of halogens is 2. The van der Waals surface area contributed by atoms with Gasteiger partial charge in [0.05, 0.1) is 10.5 Å². The van der Waals surface area contributed by atoms with Gasteiger partial charge in [0.15, 0.2) is 9.84 Å². The second-order valence-electron chi connectivity index (χ2n) is 7.99. The number of rotatable bonds is 5. The average molecular weight is 405 g/mol. The molecule has 0 bridgehead atoms. The average Bonchev–Trinajstić information content (AvgIpc) is 2.49. The SMILES string of the molecule is CC(C)(C)S(=O)(=O)CC1CCC(C(=O)Cc2ccc(Cl)cc2Cl)CC1. The Kier molecular flexibility index (Phi) is 6.61. The number of Topliss-reactive ketones (excluding diaryl/α,β-unsaturated/α-hetero) is 1. The Balaban J connectivity index is 1.90. The van der Waals surface area contributed by atoms with E-state index in [1.807, 2.05) is 0 Å². The van der Waals surface area contributed by atoms with E-state index in [9.17, 15) is 13.2 Å². The van der Waals surface area contributed by atoms with E-state index in [1.165, 1.54) is 0 Å². The zero-order valence-electron chi connectivity index (χ0n) is 15.0. The highest BCUT2D eigenvalue weighted by Crippen LogP contribution is 2.33. The van der Waals surface area contributed by atoms with Gasteiger partial charge >= 0.3 is 0 Å². The van der Waals surface area contributed by atoms with Gasteiger partial charge in [-0.25, -0.2) is 8.42 Å². The lowest BCUT2D eigenvalue weighted by molar-refractivity contribution is -0.123. The van der Waals surface area contributed by atoms with E-state index >= 15 is 0 Å².